The van der Waals surface area contributed by atoms with E-state index in [0.29, 0.717) is 19.0 Å². The smallest absolute Gasteiger partial charge is 0.315 e. The van der Waals surface area contributed by atoms with Gasteiger partial charge in [0.15, 0.2) is 0 Å². The van der Waals surface area contributed by atoms with Gasteiger partial charge >= 0.3 is 6.03 Å². The third-order valence-electron chi connectivity index (χ3n) is 3.38. The molecule has 0 unspecified atom stereocenters. The van der Waals surface area contributed by atoms with Gasteiger partial charge in [0.25, 0.3) is 0 Å². The number of nitrogens with one attached hydrogen (secondary N) is 2. The predicted octanol–water partition coefficient (Wildman–Crippen LogP) is 2.07. The van der Waals surface area contributed by atoms with E-state index < -0.39 is 0 Å². The molecule has 2 rings (SSSR count). The Balaban J connectivity index is 1.69. The molecule has 0 aliphatic carbocycles. The van der Waals surface area contributed by atoms with Gasteiger partial charge in [-0.15, -0.1) is 0 Å². The molecule has 1 fully saturated rings. The minimum atomic E-state index is -0.305. The van der Waals surface area contributed by atoms with Gasteiger partial charge in [-0.05, 0) is 44.5 Å². The summed E-state index contributed by atoms with van der Waals surface area (Å²) in [6.07, 6.45) is 0.871. The maximum Gasteiger partial charge on any atom is 0.315 e. The summed E-state index contributed by atoms with van der Waals surface area (Å²) in [6, 6.07) is 5.44. The van der Waals surface area contributed by atoms with E-state index in [2.05, 4.69) is 10.6 Å². The molecule has 1 aromatic carbocycles. The molecule has 0 aromatic heterocycles. The van der Waals surface area contributed by atoms with E-state index in [-0.39, 0.29) is 30.0 Å². The lowest BCUT2D eigenvalue weighted by Gasteiger charge is -2.19. The largest absolute Gasteiger partial charge is 0.491 e. The molecule has 2 amide bonds. The highest BCUT2D eigenvalue weighted by Crippen LogP contribution is 2.13. The summed E-state index contributed by atoms with van der Waals surface area (Å²) >= 11 is 0. The van der Waals surface area contributed by atoms with Crippen molar-refractivity contribution in [3.05, 3.63) is 30.1 Å². The molecule has 0 spiro atoms. The summed E-state index contributed by atoms with van der Waals surface area (Å²) in [5.74, 6) is 0.268. The van der Waals surface area contributed by atoms with E-state index in [4.69, 9.17) is 9.47 Å². The van der Waals surface area contributed by atoms with Crippen LogP contribution >= 0.6 is 0 Å². The highest BCUT2D eigenvalue weighted by Gasteiger charge is 2.25. The van der Waals surface area contributed by atoms with Crippen LogP contribution in [0.2, 0.25) is 0 Å². The second kappa shape index (κ2) is 7.26. The van der Waals surface area contributed by atoms with E-state index in [1.807, 2.05) is 13.8 Å². The van der Waals surface area contributed by atoms with Gasteiger partial charge in [0.2, 0.25) is 0 Å². The summed E-state index contributed by atoms with van der Waals surface area (Å²) in [5, 5.41) is 5.69. The number of hydrogen-bond donors (Lipinski definition) is 2. The van der Waals surface area contributed by atoms with Crippen molar-refractivity contribution in [1.82, 2.24) is 10.6 Å². The van der Waals surface area contributed by atoms with Gasteiger partial charge < -0.3 is 20.1 Å². The maximum atomic E-state index is 12.8. The maximum absolute atomic E-state index is 12.8. The summed E-state index contributed by atoms with van der Waals surface area (Å²) in [5.41, 5.74) is 0. The molecule has 5 nitrogen and oxygen atoms in total. The van der Waals surface area contributed by atoms with Gasteiger partial charge in [-0.1, -0.05) is 0 Å². The molecule has 6 heteroatoms. The number of amides is 2. The number of ether oxygens (including phenoxy) is 2. The number of halogens is 1. The van der Waals surface area contributed by atoms with Gasteiger partial charge in [-0.25, -0.2) is 9.18 Å². The van der Waals surface area contributed by atoms with Crippen molar-refractivity contribution in [2.24, 2.45) is 0 Å². The fourth-order valence-corrected chi connectivity index (χ4v) is 2.15. The fourth-order valence-electron chi connectivity index (χ4n) is 2.15. The first-order chi connectivity index (χ1) is 10.0. The number of urea groups is 1. The van der Waals surface area contributed by atoms with E-state index in [1.54, 1.807) is 12.1 Å². The molecule has 1 aromatic rings. The van der Waals surface area contributed by atoms with Crippen molar-refractivity contribution in [3.63, 3.8) is 0 Å². The Morgan fingerprint density at radius 1 is 1.48 bits per heavy atom. The molecule has 1 heterocycles. The predicted molar refractivity (Wildman–Crippen MR) is 76.8 cm³/mol. The van der Waals surface area contributed by atoms with Gasteiger partial charge in [-0.3, -0.25) is 0 Å². The fraction of sp³-hybridized carbons (Fsp3) is 0.533. The van der Waals surface area contributed by atoms with E-state index >= 15 is 0 Å². The molecule has 0 bridgehead atoms. The topological polar surface area (TPSA) is 59.6 Å². The average molecular weight is 296 g/mol. The highest BCUT2D eigenvalue weighted by molar-refractivity contribution is 5.74. The van der Waals surface area contributed by atoms with E-state index in [9.17, 15) is 9.18 Å². The van der Waals surface area contributed by atoms with Gasteiger partial charge in [0.05, 0.1) is 18.2 Å². The first kappa shape index (κ1) is 15.6. The summed E-state index contributed by atoms with van der Waals surface area (Å²) in [6.45, 7) is 4.78. The SMILES string of the molecule is C[C@H](COc1ccc(F)cc1)NC(=O)N[C@@H]1CCO[C@H]1C. The standard InChI is InChI=1S/C15H21FN2O3/c1-10(9-21-13-5-3-12(16)4-6-13)17-15(19)18-14-7-8-20-11(14)2/h3-6,10-11,14H,7-9H2,1-2H3,(H2,17,18,19)/t10-,11+,14-/m1/s1. The summed E-state index contributed by atoms with van der Waals surface area (Å²) < 4.78 is 23.6. The first-order valence-corrected chi connectivity index (χ1v) is 7.11. The molecule has 1 saturated heterocycles. The van der Waals surface area contributed by atoms with Crippen molar-refractivity contribution in [1.29, 1.82) is 0 Å². The van der Waals surface area contributed by atoms with Crippen molar-refractivity contribution in [2.75, 3.05) is 13.2 Å². The Hall–Kier alpha value is -1.82. The summed E-state index contributed by atoms with van der Waals surface area (Å²) in [4.78, 5) is 11.8. The lowest BCUT2D eigenvalue weighted by atomic mass is 10.2. The second-order valence-electron chi connectivity index (χ2n) is 5.25. The Labute approximate surface area is 123 Å². The zero-order valence-corrected chi connectivity index (χ0v) is 12.3. The van der Waals surface area contributed by atoms with Gasteiger partial charge in [-0.2, -0.15) is 0 Å². The van der Waals surface area contributed by atoms with Crippen LogP contribution < -0.4 is 15.4 Å². The Bertz CT molecular complexity index is 466. The molecule has 0 radical (unpaired) electrons. The van der Waals surface area contributed by atoms with Crippen molar-refractivity contribution < 1.29 is 18.7 Å². The second-order valence-corrected chi connectivity index (χ2v) is 5.25. The van der Waals surface area contributed by atoms with Crippen LogP contribution in [-0.2, 0) is 4.74 Å². The van der Waals surface area contributed by atoms with E-state index in [0.717, 1.165) is 6.42 Å². The normalized spacial score (nSPS) is 22.6. The lowest BCUT2D eigenvalue weighted by molar-refractivity contribution is 0.114. The minimum Gasteiger partial charge on any atom is -0.491 e. The Morgan fingerprint density at radius 2 is 2.19 bits per heavy atom. The Kier molecular flexibility index (Phi) is 5.38. The first-order valence-electron chi connectivity index (χ1n) is 7.11. The third kappa shape index (κ3) is 4.90. The van der Waals surface area contributed by atoms with Crippen LogP contribution in [0.25, 0.3) is 0 Å². The molecule has 116 valence electrons. The molecular weight excluding hydrogens is 275 g/mol. The minimum absolute atomic E-state index is 0.0431. The van der Waals surface area contributed by atoms with Crippen LogP contribution in [0.3, 0.4) is 0 Å². The van der Waals surface area contributed by atoms with Crippen LogP contribution in [0.1, 0.15) is 20.3 Å². The van der Waals surface area contributed by atoms with Crippen LogP contribution in [0.5, 0.6) is 5.75 Å². The van der Waals surface area contributed by atoms with Gasteiger partial charge in [0, 0.05) is 6.61 Å². The van der Waals surface area contributed by atoms with Crippen LogP contribution in [-0.4, -0.2) is 37.4 Å². The quantitative estimate of drug-likeness (QED) is 0.874. The zero-order valence-electron chi connectivity index (χ0n) is 12.3. The monoisotopic (exact) mass is 296 g/mol. The van der Waals surface area contributed by atoms with Crippen molar-refractivity contribution in [3.8, 4) is 5.75 Å². The van der Waals surface area contributed by atoms with Gasteiger partial charge in [0.1, 0.15) is 18.2 Å². The number of benzene rings is 1. The zero-order chi connectivity index (χ0) is 15.2. The molecule has 2 N–H and O–H groups in total. The molecule has 21 heavy (non-hydrogen) atoms. The molecular formula is C15H21FN2O3. The van der Waals surface area contributed by atoms with Crippen LogP contribution in [0.4, 0.5) is 9.18 Å². The number of carbonyl (C=O) groups is 1. The summed E-state index contributed by atoms with van der Waals surface area (Å²) in [7, 11) is 0. The lowest BCUT2D eigenvalue weighted by Crippen LogP contribution is -2.48. The highest BCUT2D eigenvalue weighted by atomic mass is 19.1. The van der Waals surface area contributed by atoms with Crippen molar-refractivity contribution in [2.45, 2.75) is 38.5 Å². The van der Waals surface area contributed by atoms with Crippen LogP contribution in [0, 0.1) is 5.82 Å². The molecule has 1 aliphatic heterocycles. The molecule has 0 saturated carbocycles. The number of carbonyl (C=O) groups excluding carboxylic acids is 1. The molecule has 3 atom stereocenters. The van der Waals surface area contributed by atoms with Crippen molar-refractivity contribution >= 4 is 6.03 Å². The Morgan fingerprint density at radius 3 is 2.81 bits per heavy atom. The molecule has 1 aliphatic rings. The van der Waals surface area contributed by atoms with E-state index in [1.165, 1.54) is 12.1 Å². The van der Waals surface area contributed by atoms with Crippen LogP contribution in [0.15, 0.2) is 24.3 Å². The number of rotatable bonds is 5. The number of hydrogen-bond acceptors (Lipinski definition) is 3. The average Bonchev–Trinajstić information content (AvgIpc) is 2.83. The third-order valence-corrected chi connectivity index (χ3v) is 3.38.